The van der Waals surface area contributed by atoms with Crippen molar-refractivity contribution in [3.8, 4) is 17.1 Å². The van der Waals surface area contributed by atoms with Gasteiger partial charge in [0.25, 0.3) is 0 Å². The normalized spacial score (nSPS) is 33.1. The molecule has 2 heterocycles. The van der Waals surface area contributed by atoms with Crippen LogP contribution in [0.4, 0.5) is 10.1 Å². The Bertz CT molecular complexity index is 1450. The van der Waals surface area contributed by atoms with Crippen LogP contribution in [0.25, 0.3) is 11.1 Å². The minimum atomic E-state index is -1.13. The van der Waals surface area contributed by atoms with E-state index in [9.17, 15) is 9.18 Å². The third-order valence-electron chi connectivity index (χ3n) is 10.8. The van der Waals surface area contributed by atoms with E-state index >= 15 is 0 Å². The number of fused-ring (bicyclic) bond motifs is 3. The molecule has 1 amide bonds. The first-order chi connectivity index (χ1) is 19.8. The molecule has 0 aliphatic heterocycles. The van der Waals surface area contributed by atoms with Gasteiger partial charge in [-0.05, 0) is 101 Å². The molecule has 41 heavy (non-hydrogen) atoms. The van der Waals surface area contributed by atoms with E-state index in [1.165, 1.54) is 0 Å². The molecular weight excluding hydrogens is 521 g/mol. The number of carbonyl (C=O) groups is 1. The van der Waals surface area contributed by atoms with Crippen molar-refractivity contribution in [1.82, 2.24) is 20.1 Å². The highest BCUT2D eigenvalue weighted by atomic mass is 19.1. The molecule has 10 rings (SSSR count). The van der Waals surface area contributed by atoms with Crippen molar-refractivity contribution in [3.05, 3.63) is 48.4 Å². The smallest absolute Gasteiger partial charge is 0.316 e. The Hall–Kier alpha value is -3.36. The van der Waals surface area contributed by atoms with Gasteiger partial charge in [0.15, 0.2) is 5.82 Å². The van der Waals surface area contributed by atoms with Gasteiger partial charge in [0, 0.05) is 41.5 Å². The Morgan fingerprint density at radius 3 is 2.39 bits per heavy atom. The quantitative estimate of drug-likeness (QED) is 0.304. The van der Waals surface area contributed by atoms with E-state index < -0.39 is 11.1 Å². The summed E-state index contributed by atoms with van der Waals surface area (Å²) in [6.07, 6.45) is 13.0. The second-order valence-corrected chi connectivity index (χ2v) is 13.6. The van der Waals surface area contributed by atoms with Crippen molar-refractivity contribution in [2.45, 2.75) is 94.6 Å². The average Bonchev–Trinajstić information content (AvgIpc) is 3.70. The van der Waals surface area contributed by atoms with Crippen LogP contribution in [0, 0.1) is 10.8 Å². The molecule has 3 aromatic rings. The molecule has 4 bridgehead atoms. The van der Waals surface area contributed by atoms with Crippen LogP contribution in [0.5, 0.6) is 6.01 Å². The fraction of sp³-hybridized carbons (Fsp3) is 0.594. The Labute approximate surface area is 239 Å². The number of alkyl halides is 1. The van der Waals surface area contributed by atoms with Gasteiger partial charge in [-0.1, -0.05) is 17.3 Å². The third kappa shape index (κ3) is 4.09. The number of rotatable bonds is 9. The maximum absolute atomic E-state index is 14.6. The summed E-state index contributed by atoms with van der Waals surface area (Å²) >= 11 is 0. The van der Waals surface area contributed by atoms with E-state index in [-0.39, 0.29) is 16.7 Å². The zero-order valence-corrected chi connectivity index (χ0v) is 23.6. The zero-order chi connectivity index (χ0) is 27.9. The molecular formula is C32H36FN5O3. The number of ether oxygens (including phenoxy) is 1. The highest BCUT2D eigenvalue weighted by Crippen LogP contribution is 2.70. The van der Waals surface area contributed by atoms with Crippen molar-refractivity contribution >= 4 is 11.6 Å². The molecule has 0 spiro atoms. The van der Waals surface area contributed by atoms with Crippen LogP contribution in [0.3, 0.4) is 0 Å². The van der Waals surface area contributed by atoms with Crippen molar-refractivity contribution < 1.29 is 18.4 Å². The van der Waals surface area contributed by atoms with Gasteiger partial charge in [-0.25, -0.2) is 14.4 Å². The molecule has 0 saturated heterocycles. The largest absolute Gasteiger partial charge is 0.464 e. The second-order valence-electron chi connectivity index (χ2n) is 13.6. The lowest BCUT2D eigenvalue weighted by atomic mass is 9.41. The molecule has 8 nitrogen and oxygen atoms in total. The van der Waals surface area contributed by atoms with Gasteiger partial charge < -0.3 is 14.2 Å². The molecule has 7 saturated carbocycles. The van der Waals surface area contributed by atoms with E-state index in [1.807, 2.05) is 30.0 Å². The lowest BCUT2D eigenvalue weighted by Crippen LogP contribution is -2.71. The van der Waals surface area contributed by atoms with Gasteiger partial charge in [-0.2, -0.15) is 4.98 Å². The monoisotopic (exact) mass is 557 g/mol. The Morgan fingerprint density at radius 2 is 1.76 bits per heavy atom. The van der Waals surface area contributed by atoms with Crippen molar-refractivity contribution in [3.63, 3.8) is 0 Å². The van der Waals surface area contributed by atoms with Gasteiger partial charge in [0.05, 0.1) is 12.0 Å². The number of carbonyl (C=O) groups excluding carboxylic acids is 1. The summed E-state index contributed by atoms with van der Waals surface area (Å²) in [7, 11) is 0. The molecule has 0 atom stereocenters. The number of anilines is 1. The number of nitrogens with zero attached hydrogens (tertiary/aromatic N) is 5. The minimum absolute atomic E-state index is 0.0290. The van der Waals surface area contributed by atoms with Crippen LogP contribution in [0.2, 0.25) is 0 Å². The molecule has 1 aromatic carbocycles. The first-order valence-electron chi connectivity index (χ1n) is 15.2. The van der Waals surface area contributed by atoms with Crippen LogP contribution in [-0.4, -0.2) is 44.8 Å². The first-order valence-corrected chi connectivity index (χ1v) is 15.2. The van der Waals surface area contributed by atoms with Crippen LogP contribution >= 0.6 is 0 Å². The molecule has 7 aliphatic rings. The van der Waals surface area contributed by atoms with Crippen molar-refractivity contribution in [2.75, 3.05) is 18.1 Å². The maximum Gasteiger partial charge on any atom is 0.316 e. The number of hydrogen-bond acceptors (Lipinski definition) is 7. The average molecular weight is 558 g/mol. The van der Waals surface area contributed by atoms with Crippen LogP contribution in [-0.2, 0) is 10.2 Å². The maximum atomic E-state index is 14.6. The summed E-state index contributed by atoms with van der Waals surface area (Å²) in [4.78, 5) is 29.7. The fourth-order valence-electron chi connectivity index (χ4n) is 8.09. The summed E-state index contributed by atoms with van der Waals surface area (Å²) in [5.74, 6) is 2.28. The van der Waals surface area contributed by atoms with E-state index in [2.05, 4.69) is 21.2 Å². The van der Waals surface area contributed by atoms with Crippen LogP contribution in [0.1, 0.15) is 95.2 Å². The fourth-order valence-corrected chi connectivity index (χ4v) is 8.09. The summed E-state index contributed by atoms with van der Waals surface area (Å²) in [6, 6.07) is 8.41. The molecule has 2 aromatic heterocycles. The van der Waals surface area contributed by atoms with Crippen molar-refractivity contribution in [1.29, 1.82) is 0 Å². The van der Waals surface area contributed by atoms with Crippen LogP contribution < -0.4 is 9.64 Å². The van der Waals surface area contributed by atoms with E-state index in [0.29, 0.717) is 44.3 Å². The summed E-state index contributed by atoms with van der Waals surface area (Å²) in [5, 5.41) is 4.31. The number of aromatic nitrogens is 4. The zero-order valence-electron chi connectivity index (χ0n) is 23.6. The highest BCUT2D eigenvalue weighted by Gasteiger charge is 2.73. The molecule has 0 N–H and O–H groups in total. The van der Waals surface area contributed by atoms with Crippen molar-refractivity contribution in [2.24, 2.45) is 10.8 Å². The number of halogens is 1. The third-order valence-corrected chi connectivity index (χ3v) is 10.8. The van der Waals surface area contributed by atoms with E-state index in [0.717, 1.165) is 79.9 Å². The summed E-state index contributed by atoms with van der Waals surface area (Å²) in [6.45, 7) is 3.06. The van der Waals surface area contributed by atoms with Gasteiger partial charge in [-0.15, -0.1) is 0 Å². The molecule has 7 fully saturated rings. The second kappa shape index (κ2) is 8.82. The lowest BCUT2D eigenvalue weighted by Gasteiger charge is -2.65. The van der Waals surface area contributed by atoms with Gasteiger partial charge in [0.2, 0.25) is 11.8 Å². The van der Waals surface area contributed by atoms with E-state index in [4.69, 9.17) is 14.2 Å². The Morgan fingerprint density at radius 1 is 1.05 bits per heavy atom. The SMILES string of the molecule is CCOc1ncc(-c2cccc(N(CC34CCC(c5nc(C6CC6)no5)(CC3)CC4)C(=O)C34CC(F)(C3)C4)c2)cn1. The van der Waals surface area contributed by atoms with Gasteiger partial charge in [0.1, 0.15) is 5.67 Å². The molecule has 9 heteroatoms. The standard InChI is InChI=1S/C32H36FN5O3/c1-2-40-28-34-15-23(16-35-28)22-4-3-5-24(14-22)38(27(39)31-17-32(33,18-31)19-31)20-29-8-11-30(12-9-29,13-10-29)26-36-25(37-41-26)21-6-7-21/h3-5,14-16,21H,2,6-13,17-20H2,1H3. The molecule has 0 radical (unpaired) electrons. The highest BCUT2D eigenvalue weighted by molar-refractivity contribution is 6.00. The van der Waals surface area contributed by atoms with Gasteiger partial charge >= 0.3 is 6.01 Å². The topological polar surface area (TPSA) is 94.2 Å². The Kier molecular flexibility index (Phi) is 5.46. The number of hydrogen-bond donors (Lipinski definition) is 0. The molecule has 214 valence electrons. The minimum Gasteiger partial charge on any atom is -0.464 e. The first kappa shape index (κ1) is 25.4. The summed E-state index contributed by atoms with van der Waals surface area (Å²) < 4.78 is 25.8. The predicted octanol–water partition coefficient (Wildman–Crippen LogP) is 6.32. The molecule has 7 aliphatic carbocycles. The van der Waals surface area contributed by atoms with Crippen LogP contribution in [0.15, 0.2) is 41.2 Å². The number of benzene rings is 1. The predicted molar refractivity (Wildman–Crippen MR) is 149 cm³/mol. The van der Waals surface area contributed by atoms with E-state index in [1.54, 1.807) is 12.4 Å². The summed E-state index contributed by atoms with van der Waals surface area (Å²) in [5.41, 5.74) is 1.00. The Balaban J connectivity index is 1.06. The number of amides is 1. The lowest BCUT2D eigenvalue weighted by molar-refractivity contribution is -0.211. The van der Waals surface area contributed by atoms with Gasteiger partial charge in [-0.3, -0.25) is 4.79 Å². The molecule has 0 unspecified atom stereocenters.